The molecule has 181 valence electrons. The Hall–Kier alpha value is -5.74. The van der Waals surface area contributed by atoms with E-state index in [9.17, 15) is 10.5 Å². The van der Waals surface area contributed by atoms with Gasteiger partial charge in [0.05, 0.1) is 22.3 Å². The lowest BCUT2D eigenvalue weighted by Crippen LogP contribution is -2.30. The van der Waals surface area contributed by atoms with Crippen molar-refractivity contribution in [1.29, 1.82) is 21.0 Å². The third kappa shape index (κ3) is 6.27. The number of benzene rings is 4. The largest absolute Gasteiger partial charge is 0.457 e. The van der Waals surface area contributed by atoms with Gasteiger partial charge < -0.3 is 19.4 Å². The average molecular weight is 512 g/mol. The first-order chi connectivity index (χ1) is 18.5. The van der Waals surface area contributed by atoms with Gasteiger partial charge in [0, 0.05) is 11.4 Å². The summed E-state index contributed by atoms with van der Waals surface area (Å²) < 4.78 is 11.6. The van der Waals surface area contributed by atoms with Crippen LogP contribution in [-0.4, -0.2) is 9.12 Å². The SMILES string of the molecule is C[Si](Nc1ccc(Oc2ccc(C#N)c(C#N)c2)cc1)Nc1ccc(Oc2ccc(C#N)c(C#N)c2)cc1. The summed E-state index contributed by atoms with van der Waals surface area (Å²) in [6.07, 6.45) is 0. The van der Waals surface area contributed by atoms with Crippen molar-refractivity contribution in [2.45, 2.75) is 6.55 Å². The lowest BCUT2D eigenvalue weighted by molar-refractivity contribution is 0.482. The van der Waals surface area contributed by atoms with E-state index in [1.54, 1.807) is 36.4 Å². The van der Waals surface area contributed by atoms with Crippen molar-refractivity contribution in [3.63, 3.8) is 0 Å². The first kappa shape index (κ1) is 25.4. The molecule has 0 amide bonds. The van der Waals surface area contributed by atoms with Crippen molar-refractivity contribution in [3.8, 4) is 47.3 Å². The van der Waals surface area contributed by atoms with Crippen molar-refractivity contribution in [3.05, 3.63) is 107 Å². The van der Waals surface area contributed by atoms with E-state index in [-0.39, 0.29) is 11.1 Å². The van der Waals surface area contributed by atoms with E-state index in [4.69, 9.17) is 20.0 Å². The highest BCUT2D eigenvalue weighted by Crippen LogP contribution is 2.27. The number of nitrogens with zero attached hydrogens (tertiary/aromatic N) is 4. The third-order valence-electron chi connectivity index (χ3n) is 5.31. The van der Waals surface area contributed by atoms with Gasteiger partial charge in [0.2, 0.25) is 0 Å². The predicted molar refractivity (Wildman–Crippen MR) is 144 cm³/mol. The highest BCUT2D eigenvalue weighted by atomic mass is 28.3. The number of rotatable bonds is 8. The van der Waals surface area contributed by atoms with E-state index in [2.05, 4.69) is 16.5 Å². The van der Waals surface area contributed by atoms with Crippen molar-refractivity contribution in [1.82, 2.24) is 0 Å². The van der Waals surface area contributed by atoms with Gasteiger partial charge in [0.1, 0.15) is 47.3 Å². The summed E-state index contributed by atoms with van der Waals surface area (Å²) in [6.45, 7) is 2.08. The van der Waals surface area contributed by atoms with Gasteiger partial charge in [-0.3, -0.25) is 0 Å². The van der Waals surface area contributed by atoms with E-state index >= 15 is 0 Å². The fourth-order valence-electron chi connectivity index (χ4n) is 3.50. The summed E-state index contributed by atoms with van der Waals surface area (Å²) in [4.78, 5) is 6.92. The van der Waals surface area contributed by atoms with Crippen LogP contribution in [0.3, 0.4) is 0 Å². The molecule has 4 aromatic carbocycles. The second-order valence-electron chi connectivity index (χ2n) is 7.99. The summed E-state index contributed by atoms with van der Waals surface area (Å²) in [5.41, 5.74) is 3.02. The number of ether oxygens (including phenoxy) is 2. The fraction of sp³-hybridized carbons (Fsp3) is 0.0345. The Labute approximate surface area is 221 Å². The van der Waals surface area contributed by atoms with Gasteiger partial charge in [-0.1, -0.05) is 0 Å². The molecule has 0 unspecified atom stereocenters. The first-order valence-corrected chi connectivity index (χ1v) is 13.3. The molecule has 0 atom stereocenters. The first-order valence-electron chi connectivity index (χ1n) is 11.3. The van der Waals surface area contributed by atoms with Crippen LogP contribution < -0.4 is 19.4 Å². The molecule has 0 spiro atoms. The summed E-state index contributed by atoms with van der Waals surface area (Å²) in [5, 5.41) is 36.5. The average Bonchev–Trinajstić information content (AvgIpc) is 2.95. The molecule has 0 aromatic heterocycles. The lowest BCUT2D eigenvalue weighted by Gasteiger charge is -2.16. The molecule has 0 bridgehead atoms. The zero-order valence-corrected chi connectivity index (χ0v) is 21.2. The van der Waals surface area contributed by atoms with Crippen molar-refractivity contribution < 1.29 is 9.47 Å². The minimum absolute atomic E-state index is 0.273. The van der Waals surface area contributed by atoms with E-state index in [1.807, 2.05) is 72.8 Å². The molecule has 9 heteroatoms. The number of hydrogen-bond acceptors (Lipinski definition) is 8. The quantitative estimate of drug-likeness (QED) is 0.259. The normalized spacial score (nSPS) is 9.84. The molecule has 0 heterocycles. The van der Waals surface area contributed by atoms with E-state index in [0.717, 1.165) is 11.4 Å². The maximum absolute atomic E-state index is 9.18. The Morgan fingerprint density at radius 3 is 1.18 bits per heavy atom. The van der Waals surface area contributed by atoms with E-state index in [1.165, 1.54) is 0 Å². The van der Waals surface area contributed by atoms with Gasteiger partial charge in [0.15, 0.2) is 0 Å². The van der Waals surface area contributed by atoms with Crippen LogP contribution in [0.2, 0.25) is 6.55 Å². The van der Waals surface area contributed by atoms with E-state index in [0.29, 0.717) is 34.1 Å². The van der Waals surface area contributed by atoms with Gasteiger partial charge in [-0.05, 0) is 91.5 Å². The van der Waals surface area contributed by atoms with Crippen LogP contribution in [0.5, 0.6) is 23.0 Å². The topological polar surface area (TPSA) is 138 Å². The summed E-state index contributed by atoms with van der Waals surface area (Å²) in [6, 6.07) is 32.5. The molecule has 0 aliphatic carbocycles. The van der Waals surface area contributed by atoms with Gasteiger partial charge in [-0.15, -0.1) is 0 Å². The molecule has 1 radical (unpaired) electrons. The molecular formula is C29H19N6O2Si. The lowest BCUT2D eigenvalue weighted by atomic mass is 10.1. The van der Waals surface area contributed by atoms with Crippen LogP contribution in [0.15, 0.2) is 84.9 Å². The number of anilines is 2. The Bertz CT molecular complexity index is 1500. The molecule has 2 N–H and O–H groups in total. The highest BCUT2D eigenvalue weighted by molar-refractivity contribution is 6.64. The van der Waals surface area contributed by atoms with Gasteiger partial charge in [-0.2, -0.15) is 21.0 Å². The van der Waals surface area contributed by atoms with Crippen molar-refractivity contribution in [2.24, 2.45) is 0 Å². The minimum Gasteiger partial charge on any atom is -0.457 e. The van der Waals surface area contributed by atoms with Crippen molar-refractivity contribution in [2.75, 3.05) is 9.96 Å². The molecule has 0 saturated carbocycles. The van der Waals surface area contributed by atoms with Crippen LogP contribution in [0.25, 0.3) is 0 Å². The predicted octanol–water partition coefficient (Wildman–Crippen LogP) is 6.40. The molecule has 38 heavy (non-hydrogen) atoms. The summed E-state index contributed by atoms with van der Waals surface area (Å²) >= 11 is 0. The zero-order valence-electron chi connectivity index (χ0n) is 20.2. The Kier molecular flexibility index (Phi) is 7.87. The fourth-order valence-corrected chi connectivity index (χ4v) is 4.76. The summed E-state index contributed by atoms with van der Waals surface area (Å²) in [7, 11) is -1.18. The molecule has 0 saturated heterocycles. The maximum atomic E-state index is 9.18. The number of nitriles is 4. The number of hydrogen-bond donors (Lipinski definition) is 2. The smallest absolute Gasteiger partial charge is 0.289 e. The van der Waals surface area contributed by atoms with Gasteiger partial charge in [0.25, 0.3) is 9.12 Å². The minimum atomic E-state index is -1.18. The van der Waals surface area contributed by atoms with Crippen LogP contribution >= 0.6 is 0 Å². The van der Waals surface area contributed by atoms with Crippen molar-refractivity contribution >= 4 is 20.5 Å². The highest BCUT2D eigenvalue weighted by Gasteiger charge is 2.09. The molecule has 0 fully saturated rings. The number of nitrogens with one attached hydrogen (secondary N) is 2. The molecule has 0 aliphatic rings. The molecule has 8 nitrogen and oxygen atoms in total. The van der Waals surface area contributed by atoms with Crippen LogP contribution in [0.1, 0.15) is 22.3 Å². The monoisotopic (exact) mass is 511 g/mol. The maximum Gasteiger partial charge on any atom is 0.289 e. The Balaban J connectivity index is 1.32. The Morgan fingerprint density at radius 1 is 0.500 bits per heavy atom. The molecule has 0 aliphatic heterocycles. The van der Waals surface area contributed by atoms with E-state index < -0.39 is 9.12 Å². The Morgan fingerprint density at radius 2 is 0.842 bits per heavy atom. The molecular weight excluding hydrogens is 492 g/mol. The second-order valence-corrected chi connectivity index (χ2v) is 9.74. The summed E-state index contributed by atoms with van der Waals surface area (Å²) in [5.74, 6) is 2.20. The van der Waals surface area contributed by atoms with Gasteiger partial charge in [-0.25, -0.2) is 0 Å². The van der Waals surface area contributed by atoms with Crippen LogP contribution in [-0.2, 0) is 0 Å². The molecule has 4 rings (SSSR count). The van der Waals surface area contributed by atoms with Gasteiger partial charge >= 0.3 is 0 Å². The zero-order chi connectivity index (χ0) is 26.9. The second kappa shape index (κ2) is 11.8. The molecule has 4 aromatic rings. The van der Waals surface area contributed by atoms with Crippen LogP contribution in [0, 0.1) is 45.3 Å². The standard InChI is InChI=1S/C29H19N6O2Si/c1-38(34-24-4-10-26(11-5-24)36-28-8-2-20(16-30)22(14-28)18-32)35-25-6-12-27(13-7-25)37-29-9-3-21(17-31)23(15-29)19-33/h2-15,34-35H,1H3. The van der Waals surface area contributed by atoms with Crippen LogP contribution in [0.4, 0.5) is 11.4 Å². The third-order valence-corrected chi connectivity index (χ3v) is 6.63.